The number of benzene rings is 1. The number of amidine groups is 1. The van der Waals surface area contributed by atoms with Crippen molar-refractivity contribution in [2.24, 2.45) is 10.4 Å². The molecule has 0 radical (unpaired) electrons. The van der Waals surface area contributed by atoms with Crippen molar-refractivity contribution in [1.82, 2.24) is 0 Å². The van der Waals surface area contributed by atoms with E-state index in [0.717, 1.165) is 5.69 Å². The Morgan fingerprint density at radius 2 is 1.93 bits per heavy atom. The lowest BCUT2D eigenvalue weighted by atomic mass is 9.92. The van der Waals surface area contributed by atoms with Gasteiger partial charge in [-0.2, -0.15) is 4.99 Å². The van der Waals surface area contributed by atoms with Crippen LogP contribution >= 0.6 is 11.8 Å². The van der Waals surface area contributed by atoms with Gasteiger partial charge in [0.15, 0.2) is 26.5 Å². The molecule has 9 heteroatoms. The average molecular weight is 425 g/mol. The highest BCUT2D eigenvalue weighted by Gasteiger charge is 2.49. The van der Waals surface area contributed by atoms with Crippen LogP contribution in [0.15, 0.2) is 23.2 Å². The average Bonchev–Trinajstić information content (AvgIpc) is 3.03. The summed E-state index contributed by atoms with van der Waals surface area (Å²) in [5, 5.41) is 0.440. The van der Waals surface area contributed by atoms with Gasteiger partial charge in [-0.15, -0.1) is 0 Å². The first kappa shape index (κ1) is 19.6. The lowest BCUT2D eigenvalue weighted by Gasteiger charge is -2.27. The summed E-state index contributed by atoms with van der Waals surface area (Å²) in [6.45, 7) is 6.95. The number of hydrogen-bond donors (Lipinski definition) is 0. The maximum absolute atomic E-state index is 12.5. The Kier molecular flexibility index (Phi) is 4.86. The minimum atomic E-state index is -3.10. The molecule has 28 heavy (non-hydrogen) atoms. The topological polar surface area (TPSA) is 85.3 Å². The molecule has 1 amide bonds. The zero-order valence-corrected chi connectivity index (χ0v) is 17.8. The van der Waals surface area contributed by atoms with Crippen LogP contribution in [0.25, 0.3) is 0 Å². The summed E-state index contributed by atoms with van der Waals surface area (Å²) in [5.41, 5.74) is 0.606. The van der Waals surface area contributed by atoms with E-state index in [2.05, 4.69) is 4.99 Å². The fourth-order valence-electron chi connectivity index (χ4n) is 3.65. The zero-order chi connectivity index (χ0) is 20.1. The molecule has 1 aromatic rings. The molecule has 0 aromatic heterocycles. The van der Waals surface area contributed by atoms with Gasteiger partial charge in [-0.25, -0.2) is 8.42 Å². The van der Waals surface area contributed by atoms with Gasteiger partial charge in [0, 0.05) is 23.4 Å². The third-order valence-electron chi connectivity index (χ3n) is 4.77. The SMILES string of the molecule is CC(C)(C)CC(=O)N=C1SC2CS(=O)(=O)CC2N1c1ccc2c(c1)OCCO2. The minimum Gasteiger partial charge on any atom is -0.486 e. The molecule has 0 spiro atoms. The Hall–Kier alpha value is -1.74. The minimum absolute atomic E-state index is 0.0611. The molecule has 2 saturated heterocycles. The summed E-state index contributed by atoms with van der Waals surface area (Å²) >= 11 is 1.38. The van der Waals surface area contributed by atoms with Gasteiger partial charge in [-0.1, -0.05) is 32.5 Å². The Morgan fingerprint density at radius 1 is 1.21 bits per heavy atom. The predicted molar refractivity (Wildman–Crippen MR) is 110 cm³/mol. The van der Waals surface area contributed by atoms with E-state index in [1.807, 2.05) is 43.9 Å². The molecule has 0 bridgehead atoms. The third-order valence-corrected chi connectivity index (χ3v) is 7.98. The van der Waals surface area contributed by atoms with E-state index >= 15 is 0 Å². The third kappa shape index (κ3) is 4.00. The first-order valence-electron chi connectivity index (χ1n) is 9.29. The molecule has 152 valence electrons. The van der Waals surface area contributed by atoms with Crippen LogP contribution in [0, 0.1) is 5.41 Å². The lowest BCUT2D eigenvalue weighted by molar-refractivity contribution is -0.119. The Bertz CT molecular complexity index is 936. The molecule has 2 atom stereocenters. The molecule has 3 aliphatic heterocycles. The van der Waals surface area contributed by atoms with Crippen LogP contribution in [0.1, 0.15) is 27.2 Å². The van der Waals surface area contributed by atoms with E-state index in [1.165, 1.54) is 11.8 Å². The van der Waals surface area contributed by atoms with Crippen LogP contribution in [0.2, 0.25) is 0 Å². The van der Waals surface area contributed by atoms with Crippen molar-refractivity contribution in [3.8, 4) is 11.5 Å². The van der Waals surface area contributed by atoms with E-state index in [-0.39, 0.29) is 34.1 Å². The lowest BCUT2D eigenvalue weighted by Crippen LogP contribution is -2.37. The first-order chi connectivity index (χ1) is 13.1. The van der Waals surface area contributed by atoms with Crippen LogP contribution in [-0.4, -0.2) is 55.5 Å². The monoisotopic (exact) mass is 424 g/mol. The van der Waals surface area contributed by atoms with E-state index in [4.69, 9.17) is 9.47 Å². The number of anilines is 1. The van der Waals surface area contributed by atoms with Gasteiger partial charge in [0.25, 0.3) is 0 Å². The van der Waals surface area contributed by atoms with Gasteiger partial charge >= 0.3 is 0 Å². The number of amides is 1. The molecule has 2 fully saturated rings. The Balaban J connectivity index is 1.70. The van der Waals surface area contributed by atoms with Gasteiger partial charge in [0.1, 0.15) is 13.2 Å². The number of hydrogen-bond acceptors (Lipinski definition) is 6. The van der Waals surface area contributed by atoms with Crippen LogP contribution in [0.5, 0.6) is 11.5 Å². The largest absolute Gasteiger partial charge is 0.486 e. The molecular weight excluding hydrogens is 400 g/mol. The van der Waals surface area contributed by atoms with Crippen LogP contribution in [0.4, 0.5) is 5.69 Å². The molecule has 4 rings (SSSR count). The maximum atomic E-state index is 12.5. The van der Waals surface area contributed by atoms with Crippen molar-refractivity contribution in [2.75, 3.05) is 29.6 Å². The van der Waals surface area contributed by atoms with E-state index in [9.17, 15) is 13.2 Å². The molecule has 2 unspecified atom stereocenters. The molecule has 1 aromatic carbocycles. The van der Waals surface area contributed by atoms with Crippen molar-refractivity contribution < 1.29 is 22.7 Å². The number of nitrogens with zero attached hydrogens (tertiary/aromatic N) is 2. The number of aliphatic imine (C=N–C) groups is 1. The van der Waals surface area contributed by atoms with Crippen LogP contribution < -0.4 is 14.4 Å². The number of carbonyl (C=O) groups is 1. The molecule has 7 nitrogen and oxygen atoms in total. The van der Waals surface area contributed by atoms with Gasteiger partial charge in [-0.05, 0) is 17.5 Å². The molecule has 0 saturated carbocycles. The molecule has 3 aliphatic rings. The summed E-state index contributed by atoms with van der Waals surface area (Å²) in [4.78, 5) is 18.7. The summed E-state index contributed by atoms with van der Waals surface area (Å²) in [5.74, 6) is 1.26. The Morgan fingerprint density at radius 3 is 2.64 bits per heavy atom. The predicted octanol–water partition coefficient (Wildman–Crippen LogP) is 2.50. The molecular formula is C19H24N2O5S2. The van der Waals surface area contributed by atoms with Crippen molar-refractivity contribution in [3.63, 3.8) is 0 Å². The Labute approximate surface area is 169 Å². The zero-order valence-electron chi connectivity index (χ0n) is 16.2. The van der Waals surface area contributed by atoms with Crippen LogP contribution in [-0.2, 0) is 14.6 Å². The molecule has 0 aliphatic carbocycles. The second kappa shape index (κ2) is 6.95. The fraction of sp³-hybridized carbons (Fsp3) is 0.579. The summed E-state index contributed by atoms with van der Waals surface area (Å²) < 4.78 is 35.6. The second-order valence-corrected chi connectivity index (χ2v) is 11.9. The van der Waals surface area contributed by atoms with Crippen molar-refractivity contribution >= 4 is 38.4 Å². The van der Waals surface area contributed by atoms with Gasteiger partial charge < -0.3 is 14.4 Å². The van der Waals surface area contributed by atoms with E-state index in [0.29, 0.717) is 36.3 Å². The molecule has 0 N–H and O–H groups in total. The van der Waals surface area contributed by atoms with Crippen LogP contribution in [0.3, 0.4) is 0 Å². The van der Waals surface area contributed by atoms with Crippen molar-refractivity contribution in [2.45, 2.75) is 38.5 Å². The fourth-order valence-corrected chi connectivity index (χ4v) is 7.58. The highest BCUT2D eigenvalue weighted by molar-refractivity contribution is 8.16. The van der Waals surface area contributed by atoms with Gasteiger partial charge in [-0.3, -0.25) is 4.79 Å². The van der Waals surface area contributed by atoms with E-state index < -0.39 is 9.84 Å². The van der Waals surface area contributed by atoms with Crippen molar-refractivity contribution in [3.05, 3.63) is 18.2 Å². The van der Waals surface area contributed by atoms with Gasteiger partial charge in [0.2, 0.25) is 5.91 Å². The quantitative estimate of drug-likeness (QED) is 0.721. The summed E-state index contributed by atoms with van der Waals surface area (Å²) in [6, 6.07) is 5.29. The molecule has 3 heterocycles. The van der Waals surface area contributed by atoms with Crippen molar-refractivity contribution in [1.29, 1.82) is 0 Å². The number of ether oxygens (including phenoxy) is 2. The smallest absolute Gasteiger partial charge is 0.248 e. The highest BCUT2D eigenvalue weighted by Crippen LogP contribution is 2.43. The number of fused-ring (bicyclic) bond motifs is 2. The number of rotatable bonds is 2. The highest BCUT2D eigenvalue weighted by atomic mass is 32.2. The number of sulfone groups is 1. The number of carbonyl (C=O) groups excluding carboxylic acids is 1. The normalized spacial score (nSPS) is 27.1. The first-order valence-corrected chi connectivity index (χ1v) is 12.0. The standard InChI is InChI=1S/C19H24N2O5S2/c1-19(2,3)9-17(22)20-18-21(13-10-28(23,24)11-16(13)27-18)12-4-5-14-15(8-12)26-7-6-25-14/h4-5,8,13,16H,6-7,9-11H2,1-3H3. The summed E-state index contributed by atoms with van der Waals surface area (Å²) in [6.07, 6.45) is 0.333. The maximum Gasteiger partial charge on any atom is 0.248 e. The van der Waals surface area contributed by atoms with E-state index in [1.54, 1.807) is 0 Å². The number of thioether (sulfide) groups is 1. The van der Waals surface area contributed by atoms with Gasteiger partial charge in [0.05, 0.1) is 17.5 Å². The second-order valence-electron chi connectivity index (χ2n) is 8.52. The summed E-state index contributed by atoms with van der Waals surface area (Å²) in [7, 11) is -3.10.